The minimum absolute atomic E-state index is 0.151. The zero-order chi connectivity index (χ0) is 17.2. The second-order valence-corrected chi connectivity index (χ2v) is 6.52. The van der Waals surface area contributed by atoms with Crippen LogP contribution in [0.2, 0.25) is 0 Å². The van der Waals surface area contributed by atoms with E-state index < -0.39 is 0 Å². The van der Waals surface area contributed by atoms with Gasteiger partial charge in [0.05, 0.1) is 11.7 Å². The number of aromatic nitrogens is 3. The van der Waals surface area contributed by atoms with Crippen LogP contribution in [0.4, 0.5) is 5.82 Å². The highest BCUT2D eigenvalue weighted by atomic mass is 15.4. The van der Waals surface area contributed by atoms with Gasteiger partial charge in [-0.25, -0.2) is 9.97 Å². The van der Waals surface area contributed by atoms with E-state index in [0.717, 1.165) is 29.1 Å². The summed E-state index contributed by atoms with van der Waals surface area (Å²) >= 11 is 0. The Kier molecular flexibility index (Phi) is 4.29. The van der Waals surface area contributed by atoms with Crippen LogP contribution in [-0.4, -0.2) is 27.5 Å². The Hall–Kier alpha value is -2.57. The molecule has 3 aromatic rings. The second kappa shape index (κ2) is 6.74. The third-order valence-corrected chi connectivity index (χ3v) is 4.76. The van der Waals surface area contributed by atoms with Gasteiger partial charge in [0.1, 0.15) is 11.6 Å². The standard InChI is InChI=1S/C19H22N6/c1-12(14-6-4-3-5-7-14)22-18-15-8-9-20-11-17(15)23-19(24-18)16-10-21-25-13(16)2/h3-9,11-13,16,21,25H,10H2,1-2H3,(H,22,23,24)/t12-,13?,16?/m1/s1. The first-order chi connectivity index (χ1) is 12.2. The lowest BCUT2D eigenvalue weighted by Gasteiger charge is -2.19. The van der Waals surface area contributed by atoms with Gasteiger partial charge in [-0.15, -0.1) is 0 Å². The molecule has 0 aliphatic carbocycles. The van der Waals surface area contributed by atoms with Crippen molar-refractivity contribution in [2.75, 3.05) is 11.9 Å². The molecule has 1 fully saturated rings. The molecule has 2 unspecified atom stereocenters. The molecular weight excluding hydrogens is 312 g/mol. The number of nitrogens with zero attached hydrogens (tertiary/aromatic N) is 3. The number of hydrazine groups is 1. The Morgan fingerprint density at radius 2 is 2.00 bits per heavy atom. The molecule has 128 valence electrons. The predicted molar refractivity (Wildman–Crippen MR) is 99.2 cm³/mol. The topological polar surface area (TPSA) is 74.8 Å². The van der Waals surface area contributed by atoms with Gasteiger partial charge in [0.2, 0.25) is 0 Å². The molecule has 3 heterocycles. The van der Waals surface area contributed by atoms with E-state index in [0.29, 0.717) is 0 Å². The lowest BCUT2D eigenvalue weighted by Crippen LogP contribution is -2.28. The van der Waals surface area contributed by atoms with E-state index in [-0.39, 0.29) is 18.0 Å². The molecule has 2 aromatic heterocycles. The number of fused-ring (bicyclic) bond motifs is 1. The van der Waals surface area contributed by atoms with Crippen LogP contribution in [-0.2, 0) is 0 Å². The number of benzene rings is 1. The van der Waals surface area contributed by atoms with Crippen molar-refractivity contribution in [2.24, 2.45) is 0 Å². The van der Waals surface area contributed by atoms with E-state index in [1.54, 1.807) is 12.4 Å². The van der Waals surface area contributed by atoms with Crippen molar-refractivity contribution in [1.82, 2.24) is 25.8 Å². The molecule has 1 aliphatic rings. The van der Waals surface area contributed by atoms with Crippen LogP contribution < -0.4 is 16.2 Å². The summed E-state index contributed by atoms with van der Waals surface area (Å²) in [7, 11) is 0. The fourth-order valence-electron chi connectivity index (χ4n) is 3.23. The van der Waals surface area contributed by atoms with Gasteiger partial charge < -0.3 is 5.32 Å². The Bertz CT molecular complexity index is 866. The van der Waals surface area contributed by atoms with Gasteiger partial charge in [0, 0.05) is 36.1 Å². The molecular formula is C19H22N6. The molecule has 6 heteroatoms. The highest BCUT2D eigenvalue weighted by Gasteiger charge is 2.28. The number of anilines is 1. The Morgan fingerprint density at radius 1 is 1.16 bits per heavy atom. The molecule has 6 nitrogen and oxygen atoms in total. The van der Waals surface area contributed by atoms with E-state index in [4.69, 9.17) is 9.97 Å². The lowest BCUT2D eigenvalue weighted by molar-refractivity contribution is 0.558. The first-order valence-electron chi connectivity index (χ1n) is 8.64. The van der Waals surface area contributed by atoms with Gasteiger partial charge in [0.15, 0.2) is 0 Å². The first kappa shape index (κ1) is 15.9. The van der Waals surface area contributed by atoms with Crippen LogP contribution in [0.5, 0.6) is 0 Å². The largest absolute Gasteiger partial charge is 0.363 e. The van der Waals surface area contributed by atoms with Crippen LogP contribution in [0.1, 0.15) is 37.2 Å². The van der Waals surface area contributed by atoms with Crippen molar-refractivity contribution in [3.8, 4) is 0 Å². The van der Waals surface area contributed by atoms with Crippen molar-refractivity contribution >= 4 is 16.7 Å². The highest BCUT2D eigenvalue weighted by Crippen LogP contribution is 2.27. The molecule has 3 atom stereocenters. The smallest absolute Gasteiger partial charge is 0.138 e. The summed E-state index contributed by atoms with van der Waals surface area (Å²) in [6, 6.07) is 12.8. The molecule has 1 aliphatic heterocycles. The first-order valence-corrected chi connectivity index (χ1v) is 8.64. The Labute approximate surface area is 147 Å². The Morgan fingerprint density at radius 3 is 2.76 bits per heavy atom. The number of rotatable bonds is 4. The predicted octanol–water partition coefficient (Wildman–Crippen LogP) is 2.78. The van der Waals surface area contributed by atoms with Crippen LogP contribution in [0.3, 0.4) is 0 Å². The van der Waals surface area contributed by atoms with Gasteiger partial charge in [-0.2, -0.15) is 0 Å². The van der Waals surface area contributed by atoms with Gasteiger partial charge >= 0.3 is 0 Å². The average molecular weight is 334 g/mol. The van der Waals surface area contributed by atoms with Crippen LogP contribution in [0, 0.1) is 0 Å². The fourth-order valence-corrected chi connectivity index (χ4v) is 3.23. The minimum Gasteiger partial charge on any atom is -0.363 e. The summed E-state index contributed by atoms with van der Waals surface area (Å²) in [5, 5.41) is 4.55. The summed E-state index contributed by atoms with van der Waals surface area (Å²) in [5.41, 5.74) is 8.52. The van der Waals surface area contributed by atoms with E-state index in [1.165, 1.54) is 5.56 Å². The third kappa shape index (κ3) is 3.18. The normalized spacial score (nSPS) is 21.4. The van der Waals surface area contributed by atoms with Crippen molar-refractivity contribution in [1.29, 1.82) is 0 Å². The van der Waals surface area contributed by atoms with Gasteiger partial charge in [-0.1, -0.05) is 30.3 Å². The number of pyridine rings is 1. The summed E-state index contributed by atoms with van der Waals surface area (Å²) in [4.78, 5) is 13.9. The third-order valence-electron chi connectivity index (χ3n) is 4.76. The van der Waals surface area contributed by atoms with E-state index in [9.17, 15) is 0 Å². The number of hydrogen-bond acceptors (Lipinski definition) is 6. The molecule has 3 N–H and O–H groups in total. The summed E-state index contributed by atoms with van der Waals surface area (Å²) in [6.45, 7) is 5.10. The van der Waals surface area contributed by atoms with Gasteiger partial charge in [-0.3, -0.25) is 15.8 Å². The number of hydrogen-bond donors (Lipinski definition) is 3. The maximum atomic E-state index is 4.87. The number of nitrogens with one attached hydrogen (secondary N) is 3. The fraction of sp³-hybridized carbons (Fsp3) is 0.316. The SMILES string of the molecule is CC1NNCC1c1nc(N[C@H](C)c2ccccc2)c2ccncc2n1. The van der Waals surface area contributed by atoms with Crippen molar-refractivity contribution < 1.29 is 0 Å². The molecule has 0 radical (unpaired) electrons. The molecule has 1 saturated heterocycles. The maximum absolute atomic E-state index is 4.87. The molecule has 1 aromatic carbocycles. The van der Waals surface area contributed by atoms with Gasteiger partial charge in [0.25, 0.3) is 0 Å². The van der Waals surface area contributed by atoms with E-state index in [1.807, 2.05) is 12.1 Å². The van der Waals surface area contributed by atoms with Crippen LogP contribution in [0.25, 0.3) is 10.9 Å². The molecule has 0 bridgehead atoms. The second-order valence-electron chi connectivity index (χ2n) is 6.52. The van der Waals surface area contributed by atoms with Crippen LogP contribution in [0.15, 0.2) is 48.8 Å². The maximum Gasteiger partial charge on any atom is 0.138 e. The summed E-state index contributed by atoms with van der Waals surface area (Å²) in [6.07, 6.45) is 3.59. The highest BCUT2D eigenvalue weighted by molar-refractivity contribution is 5.88. The van der Waals surface area contributed by atoms with E-state index >= 15 is 0 Å². The van der Waals surface area contributed by atoms with Crippen molar-refractivity contribution in [2.45, 2.75) is 31.8 Å². The van der Waals surface area contributed by atoms with Crippen molar-refractivity contribution in [3.05, 3.63) is 60.2 Å². The summed E-state index contributed by atoms with van der Waals surface area (Å²) in [5.74, 6) is 1.93. The minimum atomic E-state index is 0.151. The van der Waals surface area contributed by atoms with Crippen molar-refractivity contribution in [3.63, 3.8) is 0 Å². The zero-order valence-corrected chi connectivity index (χ0v) is 14.4. The quantitative estimate of drug-likeness (QED) is 0.681. The molecule has 0 amide bonds. The Balaban J connectivity index is 1.73. The zero-order valence-electron chi connectivity index (χ0n) is 14.4. The monoisotopic (exact) mass is 334 g/mol. The van der Waals surface area contributed by atoms with E-state index in [2.05, 4.69) is 59.3 Å². The lowest BCUT2D eigenvalue weighted by atomic mass is 10.0. The van der Waals surface area contributed by atoms with Gasteiger partial charge in [-0.05, 0) is 25.5 Å². The molecule has 0 saturated carbocycles. The molecule has 4 rings (SSSR count). The average Bonchev–Trinajstić information content (AvgIpc) is 3.08. The van der Waals surface area contributed by atoms with Crippen LogP contribution >= 0.6 is 0 Å². The summed E-state index contributed by atoms with van der Waals surface area (Å²) < 4.78 is 0. The molecule has 0 spiro atoms. The molecule has 25 heavy (non-hydrogen) atoms.